The Hall–Kier alpha value is -0.460. The molecule has 0 aromatic carbocycles. The van der Waals surface area contributed by atoms with Gasteiger partial charge in [-0.1, -0.05) is 366 Å². The molecule has 0 spiro atoms. The fourth-order valence-electron chi connectivity index (χ4n) is 9.96. The van der Waals surface area contributed by atoms with E-state index in [4.69, 9.17) is 5.11 Å². The zero-order valence-corrected chi connectivity index (χ0v) is 42.9. The average Bonchev–Trinajstić information content (AvgIpc) is 3.27. The van der Waals surface area contributed by atoms with Crippen LogP contribution in [0.1, 0.15) is 373 Å². The van der Waals surface area contributed by atoms with Crippen molar-refractivity contribution < 1.29 is 5.11 Å². The van der Waals surface area contributed by atoms with Crippen molar-refractivity contribution in [2.24, 2.45) is 0 Å². The summed E-state index contributed by atoms with van der Waals surface area (Å²) in [6, 6.07) is 0. The van der Waals surface area contributed by atoms with E-state index in [1.165, 1.54) is 366 Å². The fraction of sp³-hybridized carbons (Fsp3) is 0.967. The van der Waals surface area contributed by atoms with Gasteiger partial charge in [0.05, 0.1) is 6.26 Å². The number of hydrogen-bond donors (Lipinski definition) is 1. The van der Waals surface area contributed by atoms with Crippen molar-refractivity contribution in [3.63, 3.8) is 0 Å². The predicted octanol–water partition coefficient (Wildman–Crippen LogP) is 23.3. The van der Waals surface area contributed by atoms with Crippen LogP contribution in [0.5, 0.6) is 0 Å². The van der Waals surface area contributed by atoms with Crippen molar-refractivity contribution in [3.8, 4) is 0 Å². The van der Waals surface area contributed by atoms with Crippen LogP contribution in [0.2, 0.25) is 0 Å². The van der Waals surface area contributed by atoms with Gasteiger partial charge in [-0.2, -0.15) is 0 Å². The molecule has 0 bridgehead atoms. The molecule has 1 nitrogen and oxygen atoms in total. The monoisotopic (exact) mass is 857 g/mol. The molecule has 0 aromatic heterocycles. The van der Waals surface area contributed by atoms with Crippen LogP contribution in [-0.4, -0.2) is 5.11 Å². The van der Waals surface area contributed by atoms with Gasteiger partial charge in [-0.05, 0) is 12.8 Å². The smallest absolute Gasteiger partial charge is 0.0751 e. The summed E-state index contributed by atoms with van der Waals surface area (Å²) in [5, 5.41) is 8.65. The van der Waals surface area contributed by atoms with Crippen LogP contribution >= 0.6 is 0 Å². The van der Waals surface area contributed by atoms with E-state index in [9.17, 15) is 0 Å². The highest BCUT2D eigenvalue weighted by molar-refractivity contribution is 4.70. The molecule has 0 aromatic rings. The van der Waals surface area contributed by atoms with Gasteiger partial charge in [0.15, 0.2) is 0 Å². The van der Waals surface area contributed by atoms with Crippen LogP contribution in [0.25, 0.3) is 0 Å². The third-order valence-electron chi connectivity index (χ3n) is 14.3. The van der Waals surface area contributed by atoms with E-state index in [1.54, 1.807) is 0 Å². The Balaban J connectivity index is 3.06. The van der Waals surface area contributed by atoms with Crippen LogP contribution in [0.3, 0.4) is 0 Å². The van der Waals surface area contributed by atoms with Crippen LogP contribution < -0.4 is 0 Å². The normalized spacial score (nSPS) is 11.8. The molecule has 1 heteroatoms. The number of allylic oxidation sites excluding steroid dienone is 1. The van der Waals surface area contributed by atoms with Crippen LogP contribution in [0, 0.1) is 0 Å². The zero-order valence-electron chi connectivity index (χ0n) is 42.9. The SMILES string of the molecule is CCCCCCCCCCCCCCCCCCCCCCCCCCCCCCCCCCCCCCCCCCCCCCCCCCCCCCCCCCC=CO. The van der Waals surface area contributed by atoms with Crippen molar-refractivity contribution in [1.82, 2.24) is 0 Å². The first-order chi connectivity index (χ1) is 30.4. The van der Waals surface area contributed by atoms with E-state index in [-0.39, 0.29) is 0 Å². The van der Waals surface area contributed by atoms with Gasteiger partial charge < -0.3 is 5.11 Å². The first kappa shape index (κ1) is 60.5. The topological polar surface area (TPSA) is 20.2 Å². The Morgan fingerprint density at radius 1 is 0.180 bits per heavy atom. The summed E-state index contributed by atoms with van der Waals surface area (Å²) in [7, 11) is 0. The van der Waals surface area contributed by atoms with E-state index in [0.717, 1.165) is 6.42 Å². The second kappa shape index (κ2) is 59.5. The molecule has 0 unspecified atom stereocenters. The molecule has 0 heterocycles. The minimum Gasteiger partial charge on any atom is -0.516 e. The predicted molar refractivity (Wildman–Crippen MR) is 281 cm³/mol. The van der Waals surface area contributed by atoms with E-state index < -0.39 is 0 Å². The van der Waals surface area contributed by atoms with Gasteiger partial charge in [-0.25, -0.2) is 0 Å². The summed E-state index contributed by atoms with van der Waals surface area (Å²) < 4.78 is 0. The van der Waals surface area contributed by atoms with Crippen molar-refractivity contribution in [1.29, 1.82) is 0 Å². The maximum Gasteiger partial charge on any atom is 0.0751 e. The van der Waals surface area contributed by atoms with Crippen molar-refractivity contribution in [3.05, 3.63) is 12.3 Å². The van der Waals surface area contributed by atoms with E-state index in [1.807, 2.05) is 6.08 Å². The van der Waals surface area contributed by atoms with Gasteiger partial charge in [-0.15, -0.1) is 0 Å². The summed E-state index contributed by atoms with van der Waals surface area (Å²) in [4.78, 5) is 0. The van der Waals surface area contributed by atoms with Crippen molar-refractivity contribution in [2.75, 3.05) is 0 Å². The maximum atomic E-state index is 8.65. The minimum absolute atomic E-state index is 1.04. The lowest BCUT2D eigenvalue weighted by Crippen LogP contribution is -1.85. The molecule has 0 saturated carbocycles. The molecule has 0 radical (unpaired) electrons. The van der Waals surface area contributed by atoms with Crippen LogP contribution in [0.4, 0.5) is 0 Å². The molecule has 366 valence electrons. The van der Waals surface area contributed by atoms with Gasteiger partial charge in [0.25, 0.3) is 0 Å². The van der Waals surface area contributed by atoms with Gasteiger partial charge in [-0.3, -0.25) is 0 Å². The van der Waals surface area contributed by atoms with Crippen molar-refractivity contribution >= 4 is 0 Å². The van der Waals surface area contributed by atoms with E-state index in [2.05, 4.69) is 6.92 Å². The molecule has 61 heavy (non-hydrogen) atoms. The van der Waals surface area contributed by atoms with Crippen molar-refractivity contribution in [2.45, 2.75) is 373 Å². The molecule has 0 fully saturated rings. The molecule has 1 N–H and O–H groups in total. The summed E-state index contributed by atoms with van der Waals surface area (Å²) in [5.41, 5.74) is 0. The van der Waals surface area contributed by atoms with Gasteiger partial charge >= 0.3 is 0 Å². The Kier molecular flexibility index (Phi) is 59.1. The highest BCUT2D eigenvalue weighted by atomic mass is 16.2. The third kappa shape index (κ3) is 59.5. The average molecular weight is 858 g/mol. The van der Waals surface area contributed by atoms with Gasteiger partial charge in [0.1, 0.15) is 0 Å². The quantitative estimate of drug-likeness (QED) is 0.0477. The third-order valence-corrected chi connectivity index (χ3v) is 14.3. The molecule has 0 aliphatic rings. The molecule has 0 rings (SSSR count). The molecular weight excluding hydrogens is 737 g/mol. The Morgan fingerprint density at radius 3 is 0.410 bits per heavy atom. The minimum atomic E-state index is 1.04. The number of unbranched alkanes of at least 4 members (excludes halogenated alkanes) is 56. The number of rotatable bonds is 57. The summed E-state index contributed by atoms with van der Waals surface area (Å²) in [6.07, 6.45) is 86.5. The number of hydrogen-bond acceptors (Lipinski definition) is 1. The fourth-order valence-corrected chi connectivity index (χ4v) is 9.96. The largest absolute Gasteiger partial charge is 0.516 e. The van der Waals surface area contributed by atoms with Crippen LogP contribution in [-0.2, 0) is 0 Å². The van der Waals surface area contributed by atoms with Gasteiger partial charge in [0, 0.05) is 0 Å². The number of aliphatic hydroxyl groups excluding tert-OH is 1. The molecule has 0 aliphatic carbocycles. The Morgan fingerprint density at radius 2 is 0.295 bits per heavy atom. The first-order valence-electron chi connectivity index (χ1n) is 29.7. The second-order valence-electron chi connectivity index (χ2n) is 20.6. The lowest BCUT2D eigenvalue weighted by Gasteiger charge is -2.05. The number of aliphatic hydroxyl groups is 1. The lowest BCUT2D eigenvalue weighted by atomic mass is 10.0. The molecule has 0 amide bonds. The summed E-state index contributed by atoms with van der Waals surface area (Å²) in [5.74, 6) is 0. The molecule has 0 aliphatic heterocycles. The zero-order chi connectivity index (χ0) is 43.7. The van der Waals surface area contributed by atoms with Gasteiger partial charge in [0.2, 0.25) is 0 Å². The second-order valence-corrected chi connectivity index (χ2v) is 20.6. The summed E-state index contributed by atoms with van der Waals surface area (Å²) in [6.45, 7) is 2.31. The summed E-state index contributed by atoms with van der Waals surface area (Å²) >= 11 is 0. The highest BCUT2D eigenvalue weighted by Gasteiger charge is 2.00. The van der Waals surface area contributed by atoms with E-state index >= 15 is 0 Å². The Labute approximate surface area is 388 Å². The molecule has 0 atom stereocenters. The maximum absolute atomic E-state index is 8.65. The highest BCUT2D eigenvalue weighted by Crippen LogP contribution is 2.19. The Bertz CT molecular complexity index is 742. The van der Waals surface area contributed by atoms with Crippen LogP contribution in [0.15, 0.2) is 12.3 Å². The lowest BCUT2D eigenvalue weighted by molar-refractivity contribution is 0.469. The molecular formula is C60H120O. The first-order valence-corrected chi connectivity index (χ1v) is 29.7. The molecule has 0 saturated heterocycles. The standard InChI is InChI=1S/C60H120O/c1-2-3-4-5-6-7-8-9-10-11-12-13-14-15-16-17-18-19-20-21-22-23-24-25-26-27-28-29-30-31-32-33-34-35-36-37-38-39-40-41-42-43-44-45-46-47-48-49-50-51-52-53-54-55-56-57-58-59-60-61/h59-61H,2-58H2,1H3. The van der Waals surface area contributed by atoms with E-state index in [0.29, 0.717) is 0 Å².